The van der Waals surface area contributed by atoms with Crippen molar-refractivity contribution in [1.29, 1.82) is 0 Å². The van der Waals surface area contributed by atoms with Crippen LogP contribution in [0.1, 0.15) is 15.9 Å². The molecule has 0 radical (unpaired) electrons. The van der Waals surface area contributed by atoms with Crippen LogP contribution in [-0.2, 0) is 11.0 Å². The van der Waals surface area contributed by atoms with Gasteiger partial charge in [-0.2, -0.15) is 13.2 Å². The summed E-state index contributed by atoms with van der Waals surface area (Å²) in [5.41, 5.74) is -1.59. The summed E-state index contributed by atoms with van der Waals surface area (Å²) in [4.78, 5) is 26.8. The second kappa shape index (κ2) is 7.75. The van der Waals surface area contributed by atoms with Crippen molar-refractivity contribution in [3.63, 3.8) is 0 Å². The minimum absolute atomic E-state index is 0.0947. The average molecular weight is 391 g/mol. The van der Waals surface area contributed by atoms with E-state index in [1.54, 1.807) is 0 Å². The molecule has 132 valence electrons. The second-order valence-electron chi connectivity index (χ2n) is 4.69. The van der Waals surface area contributed by atoms with Crippen LogP contribution in [0, 0.1) is 0 Å². The molecule has 1 amide bonds. The van der Waals surface area contributed by atoms with Crippen molar-refractivity contribution in [2.24, 2.45) is 0 Å². The van der Waals surface area contributed by atoms with E-state index in [-0.39, 0.29) is 21.4 Å². The van der Waals surface area contributed by atoms with Crippen molar-refractivity contribution < 1.29 is 27.9 Å². The number of nitrogens with zero attached hydrogens (tertiary/aromatic N) is 1. The topological polar surface area (TPSA) is 79.3 Å². The number of carboxylic acids is 1. The monoisotopic (exact) mass is 390 g/mol. The molecule has 1 aromatic heterocycles. The van der Waals surface area contributed by atoms with E-state index in [0.29, 0.717) is 6.07 Å². The molecule has 2 aromatic rings. The number of thioether (sulfide) groups is 1. The lowest BCUT2D eigenvalue weighted by molar-refractivity contribution is -0.137. The SMILES string of the molecule is O=C(CSc1ncccc1C(=O)O)Nc1ccc(Cl)cc1C(F)(F)F. The number of anilines is 1. The van der Waals surface area contributed by atoms with Gasteiger partial charge in [0.05, 0.1) is 22.6 Å². The van der Waals surface area contributed by atoms with Crippen LogP contribution in [0.15, 0.2) is 41.6 Å². The zero-order chi connectivity index (χ0) is 18.6. The zero-order valence-electron chi connectivity index (χ0n) is 12.3. The summed E-state index contributed by atoms with van der Waals surface area (Å²) in [6.07, 6.45) is -3.33. The van der Waals surface area contributed by atoms with E-state index in [2.05, 4.69) is 10.3 Å². The van der Waals surface area contributed by atoms with E-state index in [1.165, 1.54) is 24.4 Å². The van der Waals surface area contributed by atoms with Gasteiger partial charge < -0.3 is 10.4 Å². The van der Waals surface area contributed by atoms with E-state index in [0.717, 1.165) is 17.8 Å². The van der Waals surface area contributed by atoms with Gasteiger partial charge in [0.15, 0.2) is 0 Å². The van der Waals surface area contributed by atoms with Crippen molar-refractivity contribution in [2.75, 3.05) is 11.1 Å². The highest BCUT2D eigenvalue weighted by Crippen LogP contribution is 2.36. The van der Waals surface area contributed by atoms with Crippen molar-refractivity contribution in [2.45, 2.75) is 11.2 Å². The summed E-state index contributed by atoms with van der Waals surface area (Å²) in [7, 11) is 0. The Morgan fingerprint density at radius 3 is 2.64 bits per heavy atom. The number of rotatable bonds is 5. The largest absolute Gasteiger partial charge is 0.478 e. The molecule has 0 spiro atoms. The first-order valence-electron chi connectivity index (χ1n) is 6.66. The number of aromatic nitrogens is 1. The molecule has 0 aliphatic heterocycles. The number of carbonyl (C=O) groups is 2. The average Bonchev–Trinajstić information content (AvgIpc) is 2.54. The molecule has 0 fully saturated rings. The summed E-state index contributed by atoms with van der Waals surface area (Å²) < 4.78 is 38.9. The maximum Gasteiger partial charge on any atom is 0.418 e. The second-order valence-corrected chi connectivity index (χ2v) is 6.09. The summed E-state index contributed by atoms with van der Waals surface area (Å²) in [5.74, 6) is -2.26. The molecule has 0 aliphatic rings. The number of benzene rings is 1. The Morgan fingerprint density at radius 1 is 1.28 bits per heavy atom. The highest BCUT2D eigenvalue weighted by Gasteiger charge is 2.34. The van der Waals surface area contributed by atoms with Crippen molar-refractivity contribution in [3.8, 4) is 0 Å². The van der Waals surface area contributed by atoms with Crippen molar-refractivity contribution in [3.05, 3.63) is 52.7 Å². The summed E-state index contributed by atoms with van der Waals surface area (Å²) in [5, 5.41) is 11.2. The third kappa shape index (κ3) is 5.10. The number of alkyl halides is 3. The Kier molecular flexibility index (Phi) is 5.91. The smallest absolute Gasteiger partial charge is 0.418 e. The van der Waals surface area contributed by atoms with Crippen LogP contribution in [0.2, 0.25) is 5.02 Å². The number of pyridine rings is 1. The number of carbonyl (C=O) groups excluding carboxylic acids is 1. The van der Waals surface area contributed by atoms with Gasteiger partial charge in [-0.1, -0.05) is 23.4 Å². The minimum atomic E-state index is -4.68. The molecular weight excluding hydrogens is 381 g/mol. The lowest BCUT2D eigenvalue weighted by Gasteiger charge is -2.14. The summed E-state index contributed by atoms with van der Waals surface area (Å²) in [6, 6.07) is 5.73. The number of amides is 1. The van der Waals surface area contributed by atoms with E-state index in [9.17, 15) is 22.8 Å². The van der Waals surface area contributed by atoms with Gasteiger partial charge in [0, 0.05) is 11.2 Å². The molecule has 0 bridgehead atoms. The normalized spacial score (nSPS) is 11.2. The van der Waals surface area contributed by atoms with Crippen LogP contribution in [-0.4, -0.2) is 27.7 Å². The van der Waals surface area contributed by atoms with Crippen molar-refractivity contribution >= 4 is 40.9 Å². The number of hydrogen-bond acceptors (Lipinski definition) is 4. The maximum absolute atomic E-state index is 13.0. The summed E-state index contributed by atoms with van der Waals surface area (Å²) >= 11 is 6.37. The fourth-order valence-electron chi connectivity index (χ4n) is 1.85. The number of halogens is 4. The minimum Gasteiger partial charge on any atom is -0.478 e. The molecule has 5 nitrogen and oxygen atoms in total. The molecule has 1 aromatic carbocycles. The van der Waals surface area contributed by atoms with Gasteiger partial charge in [0.1, 0.15) is 5.03 Å². The molecule has 0 saturated carbocycles. The van der Waals surface area contributed by atoms with Crippen LogP contribution >= 0.6 is 23.4 Å². The van der Waals surface area contributed by atoms with Crippen molar-refractivity contribution in [1.82, 2.24) is 4.98 Å². The van der Waals surface area contributed by atoms with Gasteiger partial charge in [0.25, 0.3) is 0 Å². The summed E-state index contributed by atoms with van der Waals surface area (Å²) in [6.45, 7) is 0. The van der Waals surface area contributed by atoms with Gasteiger partial charge in [-0.3, -0.25) is 4.79 Å². The van der Waals surface area contributed by atoms with E-state index >= 15 is 0 Å². The van der Waals surface area contributed by atoms with Gasteiger partial charge >= 0.3 is 12.1 Å². The Bertz CT molecular complexity index is 815. The lowest BCUT2D eigenvalue weighted by atomic mass is 10.1. The van der Waals surface area contributed by atoms with E-state index in [1.807, 2.05) is 0 Å². The third-order valence-electron chi connectivity index (χ3n) is 2.90. The molecule has 0 saturated heterocycles. The molecule has 0 aliphatic carbocycles. The molecule has 10 heteroatoms. The third-order valence-corrected chi connectivity index (χ3v) is 4.14. The van der Waals surface area contributed by atoms with Crippen LogP contribution in [0.5, 0.6) is 0 Å². The lowest BCUT2D eigenvalue weighted by Crippen LogP contribution is -2.18. The van der Waals surface area contributed by atoms with Crippen LogP contribution in [0.4, 0.5) is 18.9 Å². The highest BCUT2D eigenvalue weighted by molar-refractivity contribution is 8.00. The number of nitrogens with one attached hydrogen (secondary N) is 1. The molecule has 1 heterocycles. The maximum atomic E-state index is 13.0. The van der Waals surface area contributed by atoms with Gasteiger partial charge in [-0.15, -0.1) is 0 Å². The van der Waals surface area contributed by atoms with Gasteiger partial charge in [-0.25, -0.2) is 9.78 Å². The first kappa shape index (κ1) is 19.1. The Balaban J connectivity index is 2.11. The van der Waals surface area contributed by atoms with E-state index in [4.69, 9.17) is 16.7 Å². The standard InChI is InChI=1S/C15H10ClF3N2O3S/c16-8-3-4-11(10(6-8)15(17,18)19)21-12(22)7-25-13-9(14(23)24)2-1-5-20-13/h1-6H,7H2,(H,21,22)(H,23,24). The number of carboxylic acid groups (broad SMARTS) is 1. The molecule has 0 unspecified atom stereocenters. The number of aromatic carboxylic acids is 1. The first-order chi connectivity index (χ1) is 11.7. The Morgan fingerprint density at radius 2 is 2.00 bits per heavy atom. The van der Waals surface area contributed by atoms with E-state index < -0.39 is 29.3 Å². The molecular formula is C15H10ClF3N2O3S. The van der Waals surface area contributed by atoms with Crippen LogP contribution in [0.25, 0.3) is 0 Å². The van der Waals surface area contributed by atoms with Gasteiger partial charge in [0.2, 0.25) is 5.91 Å². The highest BCUT2D eigenvalue weighted by atomic mass is 35.5. The fourth-order valence-corrected chi connectivity index (χ4v) is 2.81. The fraction of sp³-hybridized carbons (Fsp3) is 0.133. The Labute approximate surface area is 149 Å². The molecule has 25 heavy (non-hydrogen) atoms. The Hall–Kier alpha value is -2.26. The predicted octanol–water partition coefficient (Wildman–Crippen LogP) is 4.18. The first-order valence-corrected chi connectivity index (χ1v) is 8.02. The van der Waals surface area contributed by atoms with Gasteiger partial charge in [-0.05, 0) is 30.3 Å². The predicted molar refractivity (Wildman–Crippen MR) is 87.0 cm³/mol. The molecule has 2 rings (SSSR count). The van der Waals surface area contributed by atoms with Crippen LogP contribution in [0.3, 0.4) is 0 Å². The van der Waals surface area contributed by atoms with Crippen LogP contribution < -0.4 is 5.32 Å². The number of hydrogen-bond donors (Lipinski definition) is 2. The zero-order valence-corrected chi connectivity index (χ0v) is 13.9. The quantitative estimate of drug-likeness (QED) is 0.748. The molecule has 0 atom stereocenters. The molecule has 2 N–H and O–H groups in total.